The van der Waals surface area contributed by atoms with Gasteiger partial charge in [-0.15, -0.1) is 0 Å². The molecule has 1 unspecified atom stereocenters. The fraction of sp³-hybridized carbons (Fsp3) is 0.571. The van der Waals surface area contributed by atoms with Crippen molar-refractivity contribution in [1.29, 1.82) is 0 Å². The van der Waals surface area contributed by atoms with Gasteiger partial charge in [0.25, 0.3) is 0 Å². The van der Waals surface area contributed by atoms with E-state index in [1.807, 2.05) is 12.1 Å². The molecule has 1 fully saturated rings. The van der Waals surface area contributed by atoms with Gasteiger partial charge in [-0.25, -0.2) is 0 Å². The number of hydrogen-bond donors (Lipinski definition) is 1. The second-order valence-corrected chi connectivity index (χ2v) is 7.42. The minimum absolute atomic E-state index is 0.133. The largest absolute Gasteiger partial charge is 0.316 e. The molecule has 0 aliphatic heterocycles. The molecule has 1 nitrogen and oxygen atoms in total. The predicted octanol–water partition coefficient (Wildman–Crippen LogP) is 4.65. The van der Waals surface area contributed by atoms with Crippen molar-refractivity contribution >= 4 is 34.2 Å². The zero-order valence-corrected chi connectivity index (χ0v) is 13.1. The number of rotatable bonds is 4. The van der Waals surface area contributed by atoms with Gasteiger partial charge >= 0.3 is 0 Å². The SMILES string of the molecule is CCCC(N)(I)C1(c2ccc(Cl)cc2)CCC1. The quantitative estimate of drug-likeness (QED) is 0.470. The topological polar surface area (TPSA) is 26.0 Å². The van der Waals surface area contributed by atoms with E-state index in [0.29, 0.717) is 0 Å². The van der Waals surface area contributed by atoms with E-state index in [0.717, 1.165) is 17.9 Å². The summed E-state index contributed by atoms with van der Waals surface area (Å²) in [6.07, 6.45) is 5.89. The van der Waals surface area contributed by atoms with Gasteiger partial charge in [-0.2, -0.15) is 0 Å². The Morgan fingerprint density at radius 2 is 1.94 bits per heavy atom. The summed E-state index contributed by atoms with van der Waals surface area (Å²) >= 11 is 8.43. The summed E-state index contributed by atoms with van der Waals surface area (Å²) in [5.74, 6) is 0. The van der Waals surface area contributed by atoms with Gasteiger partial charge in [0.1, 0.15) is 0 Å². The lowest BCUT2D eigenvalue weighted by atomic mass is 9.59. The van der Waals surface area contributed by atoms with Gasteiger partial charge in [0, 0.05) is 10.4 Å². The molecule has 1 aliphatic carbocycles. The second-order valence-electron chi connectivity index (χ2n) is 5.06. The molecule has 1 atom stereocenters. The van der Waals surface area contributed by atoms with Crippen LogP contribution in [0.25, 0.3) is 0 Å². The molecule has 1 aromatic carbocycles. The van der Waals surface area contributed by atoms with Crippen molar-refractivity contribution in [2.75, 3.05) is 0 Å². The molecular weight excluding hydrogens is 345 g/mol. The van der Waals surface area contributed by atoms with Gasteiger partial charge in [-0.3, -0.25) is 0 Å². The molecule has 0 saturated heterocycles. The molecule has 3 heteroatoms. The van der Waals surface area contributed by atoms with Crippen molar-refractivity contribution in [2.45, 2.75) is 48.0 Å². The molecule has 1 aliphatic rings. The lowest BCUT2D eigenvalue weighted by Crippen LogP contribution is -2.57. The molecule has 0 aromatic heterocycles. The van der Waals surface area contributed by atoms with Crippen molar-refractivity contribution in [3.05, 3.63) is 34.9 Å². The maximum atomic E-state index is 6.59. The van der Waals surface area contributed by atoms with Crippen molar-refractivity contribution in [1.82, 2.24) is 0 Å². The van der Waals surface area contributed by atoms with E-state index < -0.39 is 0 Å². The Bertz CT molecular complexity index is 382. The van der Waals surface area contributed by atoms with Gasteiger partial charge in [-0.05, 0) is 37.0 Å². The van der Waals surface area contributed by atoms with Crippen LogP contribution in [0.2, 0.25) is 5.02 Å². The third-order valence-corrected chi connectivity index (χ3v) is 5.84. The second kappa shape index (κ2) is 5.06. The van der Waals surface area contributed by atoms with Crippen molar-refractivity contribution < 1.29 is 0 Å². The van der Waals surface area contributed by atoms with E-state index in [1.54, 1.807) is 0 Å². The third-order valence-electron chi connectivity index (χ3n) is 4.01. The zero-order chi connectivity index (χ0) is 12.5. The van der Waals surface area contributed by atoms with Crippen LogP contribution in [0.4, 0.5) is 0 Å². The van der Waals surface area contributed by atoms with E-state index in [9.17, 15) is 0 Å². The highest BCUT2D eigenvalue weighted by Gasteiger charge is 2.51. The smallest absolute Gasteiger partial charge is 0.0777 e. The van der Waals surface area contributed by atoms with E-state index in [2.05, 4.69) is 41.6 Å². The maximum absolute atomic E-state index is 6.59. The first-order valence-corrected chi connectivity index (χ1v) is 7.71. The molecule has 0 bridgehead atoms. The van der Waals surface area contributed by atoms with E-state index in [-0.39, 0.29) is 8.96 Å². The van der Waals surface area contributed by atoms with Gasteiger partial charge < -0.3 is 5.73 Å². The molecule has 0 spiro atoms. The van der Waals surface area contributed by atoms with E-state index in [1.165, 1.54) is 24.8 Å². The van der Waals surface area contributed by atoms with Crippen LogP contribution in [0.3, 0.4) is 0 Å². The van der Waals surface area contributed by atoms with E-state index >= 15 is 0 Å². The van der Waals surface area contributed by atoms with Gasteiger partial charge in [0.2, 0.25) is 0 Å². The first-order chi connectivity index (χ1) is 8.02. The molecule has 17 heavy (non-hydrogen) atoms. The fourth-order valence-electron chi connectivity index (χ4n) is 2.85. The van der Waals surface area contributed by atoms with Crippen molar-refractivity contribution in [3.8, 4) is 0 Å². The van der Waals surface area contributed by atoms with Gasteiger partial charge in [0.15, 0.2) is 0 Å². The monoisotopic (exact) mass is 363 g/mol. The lowest BCUT2D eigenvalue weighted by Gasteiger charge is -2.52. The summed E-state index contributed by atoms with van der Waals surface area (Å²) in [5, 5.41) is 0.801. The number of alkyl halides is 1. The van der Waals surface area contributed by atoms with Crippen LogP contribution in [0.15, 0.2) is 24.3 Å². The summed E-state index contributed by atoms with van der Waals surface area (Å²) in [5.41, 5.74) is 8.11. The number of hydrogen-bond acceptors (Lipinski definition) is 1. The molecular formula is C14H19ClIN. The summed E-state index contributed by atoms with van der Waals surface area (Å²) in [4.78, 5) is 0. The summed E-state index contributed by atoms with van der Waals surface area (Å²) < 4.78 is -0.133. The van der Waals surface area contributed by atoms with Crippen LogP contribution >= 0.6 is 34.2 Å². The van der Waals surface area contributed by atoms with Gasteiger partial charge in [0.05, 0.1) is 3.55 Å². The number of halogens is 2. The highest BCUT2D eigenvalue weighted by molar-refractivity contribution is 14.1. The molecule has 94 valence electrons. The summed E-state index contributed by atoms with van der Waals surface area (Å²) in [6.45, 7) is 2.20. The average molecular weight is 364 g/mol. The normalized spacial score (nSPS) is 21.6. The Kier molecular flexibility index (Phi) is 4.06. The minimum Gasteiger partial charge on any atom is -0.316 e. The Morgan fingerprint density at radius 1 is 1.35 bits per heavy atom. The van der Waals surface area contributed by atoms with Crippen molar-refractivity contribution in [2.24, 2.45) is 5.73 Å². The lowest BCUT2D eigenvalue weighted by molar-refractivity contribution is 0.177. The molecule has 1 saturated carbocycles. The Morgan fingerprint density at radius 3 is 2.35 bits per heavy atom. The molecule has 2 N–H and O–H groups in total. The zero-order valence-electron chi connectivity index (χ0n) is 10.2. The minimum atomic E-state index is -0.133. The van der Waals surface area contributed by atoms with Crippen LogP contribution in [0, 0.1) is 0 Å². The van der Waals surface area contributed by atoms with Crippen molar-refractivity contribution in [3.63, 3.8) is 0 Å². The predicted molar refractivity (Wildman–Crippen MR) is 82.8 cm³/mol. The highest BCUT2D eigenvalue weighted by Crippen LogP contribution is 2.54. The summed E-state index contributed by atoms with van der Waals surface area (Å²) in [6, 6.07) is 8.26. The summed E-state index contributed by atoms with van der Waals surface area (Å²) in [7, 11) is 0. The maximum Gasteiger partial charge on any atom is 0.0777 e. The number of nitrogens with two attached hydrogens (primary N) is 1. The Balaban J connectivity index is 2.34. The van der Waals surface area contributed by atoms with Crippen LogP contribution in [-0.2, 0) is 5.41 Å². The highest BCUT2D eigenvalue weighted by atomic mass is 127. The van der Waals surface area contributed by atoms with Crippen LogP contribution in [0.1, 0.15) is 44.6 Å². The van der Waals surface area contributed by atoms with Gasteiger partial charge in [-0.1, -0.05) is 66.1 Å². The molecule has 0 heterocycles. The van der Waals surface area contributed by atoms with Crippen LogP contribution in [0.5, 0.6) is 0 Å². The fourth-order valence-corrected chi connectivity index (χ4v) is 4.36. The molecule has 0 radical (unpaired) electrons. The Hall–Kier alpha value is 0.200. The first-order valence-electron chi connectivity index (χ1n) is 6.26. The standard InChI is InChI=1S/C14H19ClIN/c1-2-8-14(16,17)13(9-3-10-13)11-4-6-12(15)7-5-11/h4-7H,2-3,8-10,17H2,1H3. The van der Waals surface area contributed by atoms with Crippen LogP contribution in [-0.4, -0.2) is 3.55 Å². The van der Waals surface area contributed by atoms with E-state index in [4.69, 9.17) is 17.3 Å². The third kappa shape index (κ3) is 2.36. The molecule has 1 aromatic rings. The average Bonchev–Trinajstić information content (AvgIpc) is 2.18. The molecule has 0 amide bonds. The molecule has 2 rings (SSSR count). The Labute approximate surface area is 122 Å². The number of benzene rings is 1. The van der Waals surface area contributed by atoms with Crippen LogP contribution < -0.4 is 5.73 Å². The first kappa shape index (κ1) is 13.6.